The number of carbonyl (C=O) groups is 1. The number of benzene rings is 2. The average Bonchev–Trinajstić information content (AvgIpc) is 2.66. The molecule has 2 atom stereocenters. The maximum absolute atomic E-state index is 12.7. The molecule has 0 aromatic heterocycles. The van der Waals surface area contributed by atoms with Gasteiger partial charge < -0.3 is 15.4 Å². The summed E-state index contributed by atoms with van der Waals surface area (Å²) >= 11 is 0. The Bertz CT molecular complexity index is 738. The molecule has 0 unspecified atom stereocenters. The van der Waals surface area contributed by atoms with Crippen molar-refractivity contribution < 1.29 is 14.8 Å². The zero-order valence-electron chi connectivity index (χ0n) is 17.3. The minimum absolute atomic E-state index is 0.0241. The van der Waals surface area contributed by atoms with Crippen molar-refractivity contribution in [3.8, 4) is 5.75 Å². The molecule has 146 valence electrons. The predicted molar refractivity (Wildman–Crippen MR) is 111 cm³/mol. The van der Waals surface area contributed by atoms with Gasteiger partial charge in [-0.2, -0.15) is 0 Å². The van der Waals surface area contributed by atoms with Crippen LogP contribution in [0.4, 0.5) is 5.69 Å². The molecule has 0 bridgehead atoms. The van der Waals surface area contributed by atoms with Gasteiger partial charge in [0.2, 0.25) is 0 Å². The van der Waals surface area contributed by atoms with E-state index in [-0.39, 0.29) is 18.0 Å². The van der Waals surface area contributed by atoms with Crippen LogP contribution in [0.2, 0.25) is 0 Å². The second kappa shape index (κ2) is 9.56. The summed E-state index contributed by atoms with van der Waals surface area (Å²) in [5, 5.41) is 5.14. The maximum atomic E-state index is 12.7. The first-order valence-corrected chi connectivity index (χ1v) is 9.72. The van der Waals surface area contributed by atoms with Gasteiger partial charge in [-0.05, 0) is 30.5 Å². The van der Waals surface area contributed by atoms with E-state index in [1.165, 1.54) is 11.1 Å². The van der Waals surface area contributed by atoms with Gasteiger partial charge in [0.25, 0.3) is 5.91 Å². The summed E-state index contributed by atoms with van der Waals surface area (Å²) < 4.78 is 5.32. The molecule has 27 heavy (non-hydrogen) atoms. The summed E-state index contributed by atoms with van der Waals surface area (Å²) in [7, 11) is 1.61. The van der Waals surface area contributed by atoms with Crippen LogP contribution in [0, 0.1) is 5.92 Å². The fourth-order valence-electron chi connectivity index (χ4n) is 3.21. The van der Waals surface area contributed by atoms with Crippen LogP contribution >= 0.6 is 0 Å². The highest BCUT2D eigenvalue weighted by Gasteiger charge is 2.26. The van der Waals surface area contributed by atoms with Gasteiger partial charge in [0.15, 0.2) is 6.04 Å². The third kappa shape index (κ3) is 5.57. The number of nitrogens with one attached hydrogen (secondary N) is 1. The Hall–Kier alpha value is -2.33. The quantitative estimate of drug-likeness (QED) is 0.736. The van der Waals surface area contributed by atoms with Crippen molar-refractivity contribution in [2.24, 2.45) is 5.92 Å². The fraction of sp³-hybridized carbons (Fsp3) is 0.435. The summed E-state index contributed by atoms with van der Waals surface area (Å²) in [5.41, 5.74) is 3.29. The van der Waals surface area contributed by atoms with Gasteiger partial charge in [-0.25, -0.2) is 0 Å². The lowest BCUT2D eigenvalue weighted by Crippen LogP contribution is -2.93. The van der Waals surface area contributed by atoms with Crippen molar-refractivity contribution in [3.63, 3.8) is 0 Å². The Balaban J connectivity index is 2.09. The van der Waals surface area contributed by atoms with Crippen molar-refractivity contribution in [3.05, 3.63) is 59.7 Å². The van der Waals surface area contributed by atoms with Crippen LogP contribution in [0.1, 0.15) is 57.7 Å². The molecule has 0 radical (unpaired) electrons. The van der Waals surface area contributed by atoms with E-state index in [1.807, 2.05) is 31.2 Å². The summed E-state index contributed by atoms with van der Waals surface area (Å²) in [5.74, 6) is 1.58. The van der Waals surface area contributed by atoms with Crippen molar-refractivity contribution in [2.45, 2.75) is 52.6 Å². The van der Waals surface area contributed by atoms with Crippen LogP contribution in [-0.4, -0.2) is 19.1 Å². The van der Waals surface area contributed by atoms with Crippen LogP contribution in [-0.2, 0) is 4.79 Å². The van der Waals surface area contributed by atoms with Crippen molar-refractivity contribution in [2.75, 3.05) is 12.4 Å². The number of para-hydroxylation sites is 2. The smallest absolute Gasteiger partial charge is 0.282 e. The molecule has 0 saturated heterocycles. The number of hydrogen-bond acceptors (Lipinski definition) is 2. The van der Waals surface area contributed by atoms with Crippen molar-refractivity contribution in [1.29, 1.82) is 0 Å². The topological polar surface area (TPSA) is 54.9 Å². The number of methoxy groups -OCH3 is 1. The molecular weight excluding hydrogens is 336 g/mol. The number of hydrogen-bond donors (Lipinski definition) is 2. The Labute approximate surface area is 163 Å². The highest BCUT2D eigenvalue weighted by molar-refractivity contribution is 5.94. The number of anilines is 1. The molecule has 0 aliphatic heterocycles. The van der Waals surface area contributed by atoms with E-state index < -0.39 is 0 Å². The summed E-state index contributed by atoms with van der Waals surface area (Å²) in [4.78, 5) is 12.7. The van der Waals surface area contributed by atoms with E-state index in [9.17, 15) is 4.79 Å². The molecule has 0 fully saturated rings. The highest BCUT2D eigenvalue weighted by Crippen LogP contribution is 2.24. The van der Waals surface area contributed by atoms with Gasteiger partial charge in [0.1, 0.15) is 11.8 Å². The number of rotatable bonds is 8. The van der Waals surface area contributed by atoms with E-state index in [0.29, 0.717) is 23.3 Å². The van der Waals surface area contributed by atoms with Gasteiger partial charge in [0.05, 0.1) is 12.8 Å². The minimum atomic E-state index is -0.216. The first kappa shape index (κ1) is 21.0. The number of carbonyl (C=O) groups excluding carboxylic acids is 1. The lowest BCUT2D eigenvalue weighted by Gasteiger charge is -2.24. The van der Waals surface area contributed by atoms with Gasteiger partial charge in [-0.3, -0.25) is 4.79 Å². The first-order valence-electron chi connectivity index (χ1n) is 9.72. The molecule has 4 heteroatoms. The monoisotopic (exact) mass is 369 g/mol. The van der Waals surface area contributed by atoms with Crippen molar-refractivity contribution in [1.82, 2.24) is 0 Å². The third-order valence-electron chi connectivity index (χ3n) is 4.98. The number of ether oxygens (including phenoxy) is 1. The number of nitrogens with two attached hydrogens (primary N) is 1. The van der Waals surface area contributed by atoms with Crippen LogP contribution < -0.4 is 15.4 Å². The molecule has 2 aromatic rings. The Morgan fingerprint density at radius 3 is 2.07 bits per heavy atom. The zero-order chi connectivity index (χ0) is 20.0. The Morgan fingerprint density at radius 1 is 0.926 bits per heavy atom. The van der Waals surface area contributed by atoms with E-state index in [4.69, 9.17) is 4.74 Å². The molecule has 2 aromatic carbocycles. The largest absolute Gasteiger partial charge is 0.495 e. The van der Waals surface area contributed by atoms with Gasteiger partial charge in [-0.15, -0.1) is 0 Å². The summed E-state index contributed by atoms with van der Waals surface area (Å²) in [6, 6.07) is 16.3. The molecule has 0 heterocycles. The number of quaternary nitrogens is 1. The molecule has 2 rings (SSSR count). The van der Waals surface area contributed by atoms with Gasteiger partial charge in [-0.1, -0.05) is 64.1 Å². The van der Waals surface area contributed by atoms with Gasteiger partial charge >= 0.3 is 0 Å². The Kier molecular flexibility index (Phi) is 7.43. The normalized spacial score (nSPS) is 13.5. The lowest BCUT2D eigenvalue weighted by atomic mass is 9.93. The van der Waals surface area contributed by atoms with E-state index in [0.717, 1.165) is 0 Å². The summed E-state index contributed by atoms with van der Waals surface area (Å²) in [6.07, 6.45) is 0. The number of amides is 1. The van der Waals surface area contributed by atoms with E-state index >= 15 is 0 Å². The predicted octanol–water partition coefficient (Wildman–Crippen LogP) is 4.11. The average molecular weight is 370 g/mol. The van der Waals surface area contributed by atoms with Crippen molar-refractivity contribution >= 4 is 11.6 Å². The zero-order valence-corrected chi connectivity index (χ0v) is 17.3. The molecule has 1 amide bonds. The van der Waals surface area contributed by atoms with Crippen LogP contribution in [0.3, 0.4) is 0 Å². The highest BCUT2D eigenvalue weighted by atomic mass is 16.5. The van der Waals surface area contributed by atoms with Gasteiger partial charge in [0, 0.05) is 11.5 Å². The van der Waals surface area contributed by atoms with E-state index in [1.54, 1.807) is 7.11 Å². The second-order valence-corrected chi connectivity index (χ2v) is 7.76. The second-order valence-electron chi connectivity index (χ2n) is 7.76. The lowest BCUT2D eigenvalue weighted by molar-refractivity contribution is -0.718. The summed E-state index contributed by atoms with van der Waals surface area (Å²) in [6.45, 7) is 10.7. The molecule has 4 nitrogen and oxygen atoms in total. The van der Waals surface area contributed by atoms with Crippen LogP contribution in [0.15, 0.2) is 48.5 Å². The third-order valence-corrected chi connectivity index (χ3v) is 4.98. The SMILES string of the molecule is COc1ccccc1NC(=O)[C@H](C)[NH2+][C@@H](c1ccc(C(C)C)cc1)C(C)C. The van der Waals surface area contributed by atoms with Crippen LogP contribution in [0.5, 0.6) is 5.75 Å². The van der Waals surface area contributed by atoms with Crippen LogP contribution in [0.25, 0.3) is 0 Å². The fourth-order valence-corrected chi connectivity index (χ4v) is 3.21. The molecular formula is C23H33N2O2+. The maximum Gasteiger partial charge on any atom is 0.282 e. The van der Waals surface area contributed by atoms with E-state index in [2.05, 4.69) is 62.6 Å². The first-order chi connectivity index (χ1) is 12.8. The molecule has 0 aliphatic carbocycles. The standard InChI is InChI=1S/C23H32N2O2/c1-15(2)18-11-13-19(14-12-18)22(16(3)4)24-17(5)23(26)25-20-9-7-8-10-21(20)27-6/h7-17,22,24H,1-6H3,(H,25,26)/p+1/t17-,22+/m0/s1. The molecule has 3 N–H and O–H groups in total. The molecule has 0 saturated carbocycles. The Morgan fingerprint density at radius 2 is 1.52 bits per heavy atom. The molecule has 0 aliphatic rings. The molecule has 0 spiro atoms. The minimum Gasteiger partial charge on any atom is -0.495 e.